The molecule has 114 heavy (non-hydrogen) atoms. The molecule has 1 saturated carbocycles. The number of benzene rings is 5. The number of esters is 1. The molecule has 0 radical (unpaired) electrons. The van der Waals surface area contributed by atoms with E-state index in [0.717, 1.165) is 65.1 Å². The van der Waals surface area contributed by atoms with E-state index in [4.69, 9.17) is 65.7 Å². The van der Waals surface area contributed by atoms with E-state index in [9.17, 15) is 48.0 Å². The first-order valence-corrected chi connectivity index (χ1v) is 41.2. The van der Waals surface area contributed by atoms with E-state index in [-0.39, 0.29) is 87.2 Å². The van der Waals surface area contributed by atoms with Gasteiger partial charge < -0.3 is 95.8 Å². The van der Waals surface area contributed by atoms with Crippen LogP contribution < -0.4 is 37.4 Å². The lowest BCUT2D eigenvalue weighted by molar-refractivity contribution is -0.916. The summed E-state index contributed by atoms with van der Waals surface area (Å²) in [5.41, 5.74) is 7.15. The molecular weight excluding hydrogens is 1530 g/mol. The maximum absolute atomic E-state index is 14.2. The first kappa shape index (κ1) is 81.1. The standard InChI is InChI=1S/C83H92N6O22S3/c1-89(2,45-51-30-52(47-105-70-38-65-62(36-68(70)100-3)81(96)87-42-55-19-28-112-74(55)34-57(87)40-85-65)32-53(31-51)48-106-71-39-66-63(37-69(71)101-4)82(97)88-43-56-20-29-113-75(56)35-58(88)41-86-66)44-50-13-16-59(17-14-50)110-114(98,99)111-72-33-54(15-18-67(72)108-83-79(94)78(93)77(92)73(46-90)109-83)80(95)84-21-23-103-25-27-104-26-24-102-22-9-12-76(91)107-49-64-60-10-7-5-6-8-11-61(60)64/h13-20,28-33,36-41,57-58,60-61,64,73,77-79,83,90,92-94H,7-12,21-27,34-35,42-49H2,1-4H3/p+1/t57-,58-,60-,61+,64?,73+,77-,78-,79+,83?/m0/s1. The molecule has 7 aliphatic rings. The van der Waals surface area contributed by atoms with Crippen LogP contribution in [0.25, 0.3) is 0 Å². The molecule has 2 aromatic heterocycles. The third kappa shape index (κ3) is 19.7. The summed E-state index contributed by atoms with van der Waals surface area (Å²) in [6, 6.07) is 26.4. The lowest BCUT2D eigenvalue weighted by Crippen LogP contribution is -2.60. The number of aliphatic imine (C=N–C) groups is 2. The fraction of sp³-hybridized carbons (Fsp3) is 0.446. The molecule has 2 fully saturated rings. The summed E-state index contributed by atoms with van der Waals surface area (Å²) in [5.74, 6) is 7.26. The minimum Gasteiger partial charge on any atom is -0.493 e. The zero-order chi connectivity index (χ0) is 79.6. The predicted molar refractivity (Wildman–Crippen MR) is 419 cm³/mol. The average molecular weight is 1620 g/mol. The Labute approximate surface area is 668 Å². The summed E-state index contributed by atoms with van der Waals surface area (Å²) in [6.45, 7) is 3.25. The lowest BCUT2D eigenvalue weighted by atomic mass is 9.99. The lowest BCUT2D eigenvalue weighted by Gasteiger charge is -2.39. The third-order valence-corrected chi connectivity index (χ3v) is 24.0. The molecule has 1 saturated heterocycles. The normalized spacial score (nSPS) is 21.9. The van der Waals surface area contributed by atoms with Gasteiger partial charge in [0.2, 0.25) is 6.29 Å². The highest BCUT2D eigenvalue weighted by Crippen LogP contribution is 2.53. The molecule has 31 heteroatoms. The number of thiophene rings is 2. The Morgan fingerprint density at radius 2 is 1.19 bits per heavy atom. The van der Waals surface area contributed by atoms with E-state index in [2.05, 4.69) is 29.3 Å². The number of carbonyl (C=O) groups is 4. The SMILES string of the molecule is COc1cc2c(cc1OCc1cc(COc3cc4c(cc3OC)C(=O)N3Cc5ccsc5C[C@H]3C=N4)cc(C[N+](C)(C)Cc3ccc(OS(=O)(=O)Oc4cc(C(=O)NCCOCCOCCOCCCC(=O)OCC5[C@H]6CCC#CCC[C@@H]56)ccc4OC4O[C@H](CO)[C@H](O)[C@H](O)[C@H]4O)cc3)c1)N=C[C@@H]1Cc3sccc3CN1C2=O. The molecule has 5 N–H and O–H groups in total. The average Bonchev–Trinajstić information content (AvgIpc) is 1.61. The van der Waals surface area contributed by atoms with E-state index in [1.54, 1.807) is 59.1 Å². The largest absolute Gasteiger partial charge is 0.501 e. The highest BCUT2D eigenvalue weighted by Gasteiger charge is 2.50. The predicted octanol–water partition coefficient (Wildman–Crippen LogP) is 8.75. The zero-order valence-electron chi connectivity index (χ0n) is 63.7. The maximum atomic E-state index is 14.2. The molecule has 7 aromatic rings. The van der Waals surface area contributed by atoms with Gasteiger partial charge in [0.25, 0.3) is 17.7 Å². The number of aliphatic hydroxyl groups excluding tert-OH is 4. The summed E-state index contributed by atoms with van der Waals surface area (Å²) in [7, 11) is 2.06. The highest BCUT2D eigenvalue weighted by molar-refractivity contribution is 7.82. The Balaban J connectivity index is 0.607. The topological polar surface area (TPSA) is 337 Å². The van der Waals surface area contributed by atoms with Crippen LogP contribution in [0.1, 0.15) is 113 Å². The molecule has 2 unspecified atom stereocenters. The Hall–Kier alpha value is -9.53. The summed E-state index contributed by atoms with van der Waals surface area (Å²) in [5, 5.41) is 48.6. The van der Waals surface area contributed by atoms with Crippen LogP contribution in [0.2, 0.25) is 0 Å². The van der Waals surface area contributed by atoms with Gasteiger partial charge in [-0.05, 0) is 155 Å². The Morgan fingerprint density at radius 3 is 1.77 bits per heavy atom. The summed E-state index contributed by atoms with van der Waals surface area (Å²) in [6.07, 6.45) is 1.20. The summed E-state index contributed by atoms with van der Waals surface area (Å²) < 4.78 is 98.0. The van der Waals surface area contributed by atoms with Crippen LogP contribution in [-0.2, 0) is 91.1 Å². The quantitative estimate of drug-likeness (QED) is 0.0107. The van der Waals surface area contributed by atoms with Crippen LogP contribution in [0, 0.1) is 29.6 Å². The van der Waals surface area contributed by atoms with Gasteiger partial charge in [-0.15, -0.1) is 42.9 Å². The molecule has 0 bridgehead atoms. The molecule has 604 valence electrons. The van der Waals surface area contributed by atoms with Crippen molar-refractivity contribution in [1.82, 2.24) is 15.1 Å². The van der Waals surface area contributed by atoms with Crippen LogP contribution in [-0.4, -0.2) is 210 Å². The van der Waals surface area contributed by atoms with Crippen LogP contribution in [0.15, 0.2) is 118 Å². The second-order valence-electron chi connectivity index (χ2n) is 29.7. The van der Waals surface area contributed by atoms with Crippen molar-refractivity contribution in [3.8, 4) is 52.1 Å². The van der Waals surface area contributed by atoms with Crippen LogP contribution in [0.4, 0.5) is 11.4 Å². The number of aliphatic hydroxyl groups is 4. The zero-order valence-corrected chi connectivity index (χ0v) is 66.1. The monoisotopic (exact) mass is 1620 g/mol. The van der Waals surface area contributed by atoms with Gasteiger partial charge in [0.15, 0.2) is 34.5 Å². The number of hydrogen-bond acceptors (Lipinski definition) is 26. The number of carbonyl (C=O) groups excluding carboxylic acids is 4. The van der Waals surface area contributed by atoms with Crippen molar-refractivity contribution < 1.29 is 108 Å². The highest BCUT2D eigenvalue weighted by atomic mass is 32.3. The number of quaternary nitrogens is 1. The van der Waals surface area contributed by atoms with Gasteiger partial charge >= 0.3 is 16.4 Å². The van der Waals surface area contributed by atoms with E-state index >= 15 is 0 Å². The fourth-order valence-corrected chi connectivity index (χ4v) is 18.0. The van der Waals surface area contributed by atoms with Crippen molar-refractivity contribution in [3.05, 3.63) is 168 Å². The summed E-state index contributed by atoms with van der Waals surface area (Å²) >= 11 is 3.36. The van der Waals surface area contributed by atoms with Crippen molar-refractivity contribution in [1.29, 1.82) is 0 Å². The molecular formula is C83H93N6O22S3+. The first-order valence-electron chi connectivity index (χ1n) is 38.1. The fourth-order valence-electron chi connectivity index (χ4n) is 15.3. The Bertz CT molecular complexity index is 4710. The number of fused-ring (bicyclic) bond motifs is 7. The molecule has 3 amide bonds. The number of methoxy groups -OCH3 is 2. The van der Waals surface area contributed by atoms with E-state index in [0.29, 0.717) is 140 Å². The van der Waals surface area contributed by atoms with E-state index in [1.807, 2.05) is 65.3 Å². The van der Waals surface area contributed by atoms with Crippen LogP contribution in [0.3, 0.4) is 0 Å². The van der Waals surface area contributed by atoms with Crippen molar-refractivity contribution in [2.75, 3.05) is 87.7 Å². The Morgan fingerprint density at radius 1 is 0.632 bits per heavy atom. The molecule has 10 atom stereocenters. The molecule has 7 heterocycles. The van der Waals surface area contributed by atoms with Crippen LogP contribution >= 0.6 is 22.7 Å². The summed E-state index contributed by atoms with van der Waals surface area (Å²) in [4.78, 5) is 70.2. The van der Waals surface area contributed by atoms with E-state index in [1.165, 1.54) is 48.2 Å². The van der Waals surface area contributed by atoms with Gasteiger partial charge in [0.05, 0.1) is 109 Å². The minimum atomic E-state index is -5.06. The molecule has 28 nitrogen and oxygen atoms in total. The number of amides is 3. The van der Waals surface area contributed by atoms with Gasteiger partial charge in [0.1, 0.15) is 56.5 Å². The first-order chi connectivity index (χ1) is 55.2. The number of nitrogens with one attached hydrogen (secondary N) is 1. The van der Waals surface area contributed by atoms with Gasteiger partial charge in [0, 0.05) is 109 Å². The molecule has 5 aromatic carbocycles. The molecule has 5 aliphatic heterocycles. The third-order valence-electron chi connectivity index (χ3n) is 21.2. The second kappa shape index (κ2) is 36.5. The van der Waals surface area contributed by atoms with Gasteiger partial charge in [-0.3, -0.25) is 29.2 Å². The number of nitrogens with zero attached hydrogens (tertiary/aromatic N) is 5. The second-order valence-corrected chi connectivity index (χ2v) is 32.9. The Kier molecular flexibility index (Phi) is 26.0. The van der Waals surface area contributed by atoms with Gasteiger partial charge in [-0.1, -0.05) is 0 Å². The van der Waals surface area contributed by atoms with Crippen LogP contribution in [0.5, 0.6) is 40.2 Å². The van der Waals surface area contributed by atoms with Crippen molar-refractivity contribution in [2.45, 2.75) is 134 Å². The number of ether oxygens (including phenoxy) is 10. The van der Waals surface area contributed by atoms with Crippen molar-refractivity contribution in [3.63, 3.8) is 0 Å². The van der Waals surface area contributed by atoms with Gasteiger partial charge in [-0.25, -0.2) is 0 Å². The molecule has 0 spiro atoms. The molecule has 14 rings (SSSR count). The minimum absolute atomic E-state index is 0.0352. The van der Waals surface area contributed by atoms with Gasteiger partial charge in [-0.2, -0.15) is 0 Å². The molecule has 2 aliphatic carbocycles. The maximum Gasteiger partial charge on any atom is 0.501 e. The van der Waals surface area contributed by atoms with E-state index < -0.39 is 65.1 Å². The number of hydrogen-bond donors (Lipinski definition) is 5. The number of rotatable bonds is 35. The smallest absolute Gasteiger partial charge is 0.493 e. The van der Waals surface area contributed by atoms with Crippen molar-refractivity contribution >= 4 is 80.6 Å². The van der Waals surface area contributed by atoms with Crippen molar-refractivity contribution in [2.24, 2.45) is 27.7 Å².